The van der Waals surface area contributed by atoms with Gasteiger partial charge in [0.25, 0.3) is 0 Å². The lowest BCUT2D eigenvalue weighted by Crippen LogP contribution is -2.20. The number of methoxy groups -OCH3 is 1. The second kappa shape index (κ2) is 9.33. The van der Waals surface area contributed by atoms with E-state index in [0.717, 1.165) is 11.3 Å². The van der Waals surface area contributed by atoms with Crippen molar-refractivity contribution in [3.8, 4) is 11.5 Å². The van der Waals surface area contributed by atoms with E-state index in [9.17, 15) is 9.50 Å². The molecule has 1 heterocycles. The van der Waals surface area contributed by atoms with Crippen LogP contribution < -0.4 is 9.47 Å². The lowest BCUT2D eigenvalue weighted by molar-refractivity contribution is 0.126. The van der Waals surface area contributed by atoms with Crippen molar-refractivity contribution in [2.24, 2.45) is 0 Å². The molecule has 27 heavy (non-hydrogen) atoms. The molecule has 1 atom stereocenters. The zero-order valence-electron chi connectivity index (χ0n) is 14.7. The van der Waals surface area contributed by atoms with Crippen LogP contribution in [0.2, 0.25) is 0 Å². The van der Waals surface area contributed by atoms with Crippen LogP contribution in [-0.2, 0) is 6.54 Å². The van der Waals surface area contributed by atoms with Crippen molar-refractivity contribution in [3.63, 3.8) is 0 Å². The Morgan fingerprint density at radius 3 is 2.52 bits per heavy atom. The molecule has 0 saturated carbocycles. The van der Waals surface area contributed by atoms with E-state index in [1.807, 2.05) is 24.3 Å². The molecule has 142 valence electrons. The van der Waals surface area contributed by atoms with Crippen LogP contribution >= 0.6 is 11.8 Å². The van der Waals surface area contributed by atoms with E-state index in [2.05, 4.69) is 15.5 Å². The number of thioether (sulfide) groups is 1. The van der Waals surface area contributed by atoms with Crippen LogP contribution in [0.5, 0.6) is 11.5 Å². The number of nitrogens with zero attached hydrogens (tertiary/aromatic N) is 4. The van der Waals surface area contributed by atoms with Crippen LogP contribution in [0.25, 0.3) is 0 Å². The van der Waals surface area contributed by atoms with Gasteiger partial charge in [0.15, 0.2) is 0 Å². The number of tetrazole rings is 1. The highest BCUT2D eigenvalue weighted by Gasteiger charge is 2.12. The van der Waals surface area contributed by atoms with Gasteiger partial charge in [0.2, 0.25) is 5.16 Å². The third-order valence-electron chi connectivity index (χ3n) is 3.65. The highest BCUT2D eigenvalue weighted by atomic mass is 32.2. The maximum Gasteiger partial charge on any atom is 0.209 e. The molecule has 0 aliphatic heterocycles. The van der Waals surface area contributed by atoms with Crippen molar-refractivity contribution in [1.29, 1.82) is 0 Å². The van der Waals surface area contributed by atoms with Gasteiger partial charge in [-0.2, -0.15) is 0 Å². The quantitative estimate of drug-likeness (QED) is 0.562. The highest BCUT2D eigenvalue weighted by molar-refractivity contribution is 7.99. The number of aromatic nitrogens is 4. The Morgan fingerprint density at radius 1 is 1.11 bits per heavy atom. The molecule has 3 rings (SSSR count). The summed E-state index contributed by atoms with van der Waals surface area (Å²) >= 11 is 1.34. The number of aliphatic hydroxyl groups excluding tert-OH is 1. The second-order valence-corrected chi connectivity index (χ2v) is 6.68. The first-order valence-electron chi connectivity index (χ1n) is 8.22. The van der Waals surface area contributed by atoms with E-state index >= 15 is 0 Å². The predicted octanol–water partition coefficient (Wildman–Crippen LogP) is 2.40. The smallest absolute Gasteiger partial charge is 0.209 e. The molecule has 0 aliphatic carbocycles. The summed E-state index contributed by atoms with van der Waals surface area (Å²) in [5.74, 6) is 1.32. The molecule has 0 spiro atoms. The molecule has 0 fully saturated rings. The van der Waals surface area contributed by atoms with Crippen LogP contribution in [0, 0.1) is 5.82 Å². The van der Waals surface area contributed by atoms with Crippen LogP contribution in [0.15, 0.2) is 53.7 Å². The molecular formula is C18H19FN4O3S. The Labute approximate surface area is 160 Å². The molecular weight excluding hydrogens is 371 g/mol. The molecule has 0 aliphatic rings. The minimum absolute atomic E-state index is 0.0959. The van der Waals surface area contributed by atoms with Gasteiger partial charge in [-0.1, -0.05) is 23.9 Å². The van der Waals surface area contributed by atoms with E-state index in [-0.39, 0.29) is 12.4 Å². The standard InChI is InChI=1S/C18H19FN4O3S/c1-25-16-6-2-13(3-7-16)10-23-18(20-21-22-23)27-12-15(24)11-26-17-8-4-14(19)5-9-17/h2-9,15,24H,10-12H2,1H3/t15-/m1/s1. The van der Waals surface area contributed by atoms with Crippen molar-refractivity contribution >= 4 is 11.8 Å². The molecule has 1 N–H and O–H groups in total. The lowest BCUT2D eigenvalue weighted by Gasteiger charge is -2.12. The summed E-state index contributed by atoms with van der Waals surface area (Å²) in [5.41, 5.74) is 1.03. The van der Waals surface area contributed by atoms with E-state index in [0.29, 0.717) is 23.2 Å². The summed E-state index contributed by atoms with van der Waals surface area (Å²) in [6.07, 6.45) is -0.716. The average Bonchev–Trinajstić information content (AvgIpc) is 3.13. The number of ether oxygens (including phenoxy) is 2. The first kappa shape index (κ1) is 19.1. The molecule has 0 radical (unpaired) electrons. The van der Waals surface area contributed by atoms with Gasteiger partial charge in [-0.25, -0.2) is 9.07 Å². The molecule has 9 heteroatoms. The first-order chi connectivity index (χ1) is 13.1. The predicted molar refractivity (Wildman–Crippen MR) is 98.5 cm³/mol. The van der Waals surface area contributed by atoms with E-state index < -0.39 is 6.10 Å². The first-order valence-corrected chi connectivity index (χ1v) is 9.21. The highest BCUT2D eigenvalue weighted by Crippen LogP contribution is 2.18. The van der Waals surface area contributed by atoms with Crippen LogP contribution in [0.1, 0.15) is 5.56 Å². The molecule has 3 aromatic rings. The van der Waals surface area contributed by atoms with Crippen molar-refractivity contribution in [2.75, 3.05) is 19.5 Å². The average molecular weight is 390 g/mol. The summed E-state index contributed by atoms with van der Waals surface area (Å²) in [7, 11) is 1.62. The largest absolute Gasteiger partial charge is 0.497 e. The van der Waals surface area contributed by atoms with E-state index in [4.69, 9.17) is 9.47 Å². The van der Waals surface area contributed by atoms with Crippen molar-refractivity contribution < 1.29 is 19.0 Å². The number of rotatable bonds is 9. The Balaban J connectivity index is 1.49. The SMILES string of the molecule is COc1ccc(Cn2nnnc2SC[C@H](O)COc2ccc(F)cc2)cc1. The van der Waals surface area contributed by atoms with Crippen molar-refractivity contribution in [2.45, 2.75) is 17.8 Å². The fourth-order valence-electron chi connectivity index (χ4n) is 2.25. The van der Waals surface area contributed by atoms with E-state index in [1.54, 1.807) is 11.8 Å². The fourth-order valence-corrected chi connectivity index (χ4v) is 3.03. The van der Waals surface area contributed by atoms with Gasteiger partial charge in [-0.15, -0.1) is 5.10 Å². The summed E-state index contributed by atoms with van der Waals surface area (Å²) in [4.78, 5) is 0. The van der Waals surface area contributed by atoms with Gasteiger partial charge in [0.05, 0.1) is 19.8 Å². The van der Waals surface area contributed by atoms with Crippen LogP contribution in [-0.4, -0.2) is 50.9 Å². The normalized spacial score (nSPS) is 12.0. The maximum absolute atomic E-state index is 12.9. The number of hydrogen-bond donors (Lipinski definition) is 1. The minimum atomic E-state index is -0.716. The minimum Gasteiger partial charge on any atom is -0.497 e. The number of benzene rings is 2. The van der Waals surface area contributed by atoms with Gasteiger partial charge < -0.3 is 14.6 Å². The van der Waals surface area contributed by atoms with Gasteiger partial charge in [-0.05, 0) is 52.4 Å². The van der Waals surface area contributed by atoms with Gasteiger partial charge in [0, 0.05) is 5.75 Å². The molecule has 0 saturated heterocycles. The summed E-state index contributed by atoms with van der Waals surface area (Å²) in [6.45, 7) is 0.611. The maximum atomic E-state index is 12.9. The number of hydrogen-bond acceptors (Lipinski definition) is 7. The molecule has 2 aromatic carbocycles. The monoisotopic (exact) mass is 390 g/mol. The number of aliphatic hydroxyl groups is 1. The Bertz CT molecular complexity index is 843. The third kappa shape index (κ3) is 5.66. The number of halogens is 1. The molecule has 0 bridgehead atoms. The van der Waals surface area contributed by atoms with Crippen molar-refractivity contribution in [3.05, 3.63) is 59.9 Å². The Kier molecular flexibility index (Phi) is 6.61. The molecule has 0 amide bonds. The summed E-state index contributed by atoms with van der Waals surface area (Å²) in [6, 6.07) is 13.3. The third-order valence-corrected chi connectivity index (χ3v) is 4.75. The summed E-state index contributed by atoms with van der Waals surface area (Å²) < 4.78 is 25.1. The zero-order valence-corrected chi connectivity index (χ0v) is 15.5. The van der Waals surface area contributed by atoms with Gasteiger partial charge >= 0.3 is 0 Å². The Hall–Kier alpha value is -2.65. The molecule has 1 aromatic heterocycles. The topological polar surface area (TPSA) is 82.3 Å². The van der Waals surface area contributed by atoms with Gasteiger partial charge in [0.1, 0.15) is 23.9 Å². The van der Waals surface area contributed by atoms with Crippen LogP contribution in [0.3, 0.4) is 0 Å². The summed E-state index contributed by atoms with van der Waals surface area (Å²) in [5, 5.41) is 22.4. The lowest BCUT2D eigenvalue weighted by atomic mass is 10.2. The fraction of sp³-hybridized carbons (Fsp3) is 0.278. The second-order valence-electron chi connectivity index (χ2n) is 5.70. The van der Waals surface area contributed by atoms with Crippen molar-refractivity contribution in [1.82, 2.24) is 20.2 Å². The van der Waals surface area contributed by atoms with Crippen LogP contribution in [0.4, 0.5) is 4.39 Å². The van der Waals surface area contributed by atoms with E-state index in [1.165, 1.54) is 36.0 Å². The Morgan fingerprint density at radius 2 is 1.81 bits per heavy atom. The zero-order chi connectivity index (χ0) is 19.1. The van der Waals surface area contributed by atoms with Gasteiger partial charge in [-0.3, -0.25) is 0 Å². The molecule has 7 nitrogen and oxygen atoms in total. The molecule has 0 unspecified atom stereocenters.